The zero-order valence-electron chi connectivity index (χ0n) is 6.25. The molecule has 0 unspecified atom stereocenters. The van der Waals surface area contributed by atoms with Crippen molar-refractivity contribution >= 4 is 5.57 Å². The van der Waals surface area contributed by atoms with Crippen LogP contribution in [0.15, 0.2) is 30.8 Å². The molecule has 0 saturated heterocycles. The number of hydrogen-bond acceptors (Lipinski definition) is 1. The zero-order valence-corrected chi connectivity index (χ0v) is 6.25. The third-order valence-electron chi connectivity index (χ3n) is 2.18. The van der Waals surface area contributed by atoms with Crippen LogP contribution in [0.4, 0.5) is 0 Å². The lowest BCUT2D eigenvalue weighted by molar-refractivity contribution is 0.240. The quantitative estimate of drug-likeness (QED) is 0.589. The molecule has 1 aromatic carbocycles. The van der Waals surface area contributed by atoms with E-state index < -0.39 is 0 Å². The molecular weight excluding hydrogens is 136 g/mol. The van der Waals surface area contributed by atoms with Crippen LogP contribution in [-0.4, -0.2) is 11.2 Å². The molecule has 0 fully saturated rings. The molecule has 0 spiro atoms. The molecule has 1 atom stereocenters. The first kappa shape index (κ1) is 6.62. The molecule has 1 aliphatic carbocycles. The summed E-state index contributed by atoms with van der Waals surface area (Å²) < 4.78 is 0. The van der Waals surface area contributed by atoms with Gasteiger partial charge in [0.1, 0.15) is 0 Å². The number of aliphatic hydroxyl groups excluding tert-OH is 1. The van der Waals surface area contributed by atoms with Crippen LogP contribution in [-0.2, 0) is 6.42 Å². The molecule has 1 N–H and O–H groups in total. The van der Waals surface area contributed by atoms with Gasteiger partial charge < -0.3 is 5.11 Å². The lowest BCUT2D eigenvalue weighted by Crippen LogP contribution is -2.01. The van der Waals surface area contributed by atoms with E-state index in [-0.39, 0.29) is 6.10 Å². The number of hydrogen-bond donors (Lipinski definition) is 1. The first-order valence-electron chi connectivity index (χ1n) is 3.74. The zero-order chi connectivity index (χ0) is 7.84. The van der Waals surface area contributed by atoms with Gasteiger partial charge in [-0.1, -0.05) is 30.8 Å². The van der Waals surface area contributed by atoms with E-state index in [9.17, 15) is 5.11 Å². The van der Waals surface area contributed by atoms with E-state index in [1.54, 1.807) is 0 Å². The summed E-state index contributed by atoms with van der Waals surface area (Å²) in [7, 11) is 0. The number of benzene rings is 1. The average molecular weight is 146 g/mol. The largest absolute Gasteiger partial charge is 0.388 e. The van der Waals surface area contributed by atoms with Crippen LogP contribution < -0.4 is 0 Å². The second-order valence-corrected chi connectivity index (χ2v) is 2.90. The summed E-state index contributed by atoms with van der Waals surface area (Å²) in [6, 6.07) is 8.01. The highest BCUT2D eigenvalue weighted by Gasteiger charge is 2.21. The molecular formula is C10H10O. The van der Waals surface area contributed by atoms with Crippen molar-refractivity contribution in [1.82, 2.24) is 0 Å². The number of fused-ring (bicyclic) bond motifs is 1. The normalized spacial score (nSPS) is 21.9. The Bertz CT molecular complexity index is 301. The Kier molecular flexibility index (Phi) is 1.33. The maximum Gasteiger partial charge on any atom is 0.0830 e. The van der Waals surface area contributed by atoms with Gasteiger partial charge in [0.2, 0.25) is 0 Å². The van der Waals surface area contributed by atoms with E-state index in [1.807, 2.05) is 24.3 Å². The van der Waals surface area contributed by atoms with Crippen LogP contribution in [0.1, 0.15) is 11.1 Å². The fraction of sp³-hybridized carbons (Fsp3) is 0.200. The second-order valence-electron chi connectivity index (χ2n) is 2.90. The number of rotatable bonds is 0. The van der Waals surface area contributed by atoms with Crippen LogP contribution in [0.2, 0.25) is 0 Å². The smallest absolute Gasteiger partial charge is 0.0830 e. The highest BCUT2D eigenvalue weighted by Crippen LogP contribution is 2.30. The highest BCUT2D eigenvalue weighted by molar-refractivity contribution is 5.73. The molecule has 0 amide bonds. The van der Waals surface area contributed by atoms with Crippen LogP contribution >= 0.6 is 0 Å². The second kappa shape index (κ2) is 2.21. The number of aliphatic hydroxyl groups is 1. The van der Waals surface area contributed by atoms with Crippen molar-refractivity contribution in [1.29, 1.82) is 0 Å². The van der Waals surface area contributed by atoms with E-state index in [1.165, 1.54) is 5.56 Å². The van der Waals surface area contributed by atoms with Crippen LogP contribution in [0, 0.1) is 0 Å². The van der Waals surface area contributed by atoms with Crippen molar-refractivity contribution in [2.75, 3.05) is 0 Å². The molecule has 0 heterocycles. The lowest BCUT2D eigenvalue weighted by atomic mass is 10.1. The Balaban J connectivity index is 2.55. The minimum absolute atomic E-state index is 0.354. The van der Waals surface area contributed by atoms with E-state index in [0.717, 1.165) is 17.6 Å². The predicted molar refractivity (Wildman–Crippen MR) is 45.2 cm³/mol. The Morgan fingerprint density at radius 3 is 2.82 bits per heavy atom. The topological polar surface area (TPSA) is 20.2 Å². The van der Waals surface area contributed by atoms with Crippen LogP contribution in [0.25, 0.3) is 5.57 Å². The molecule has 11 heavy (non-hydrogen) atoms. The van der Waals surface area contributed by atoms with Gasteiger partial charge in [-0.3, -0.25) is 0 Å². The summed E-state index contributed by atoms with van der Waals surface area (Å²) in [6.45, 7) is 3.83. The summed E-state index contributed by atoms with van der Waals surface area (Å²) in [5.41, 5.74) is 3.20. The molecule has 1 aromatic rings. The molecule has 1 nitrogen and oxygen atoms in total. The van der Waals surface area contributed by atoms with Gasteiger partial charge in [0, 0.05) is 6.42 Å². The first-order chi connectivity index (χ1) is 5.29. The summed E-state index contributed by atoms with van der Waals surface area (Å²) >= 11 is 0. The molecule has 1 aliphatic rings. The van der Waals surface area contributed by atoms with E-state index >= 15 is 0 Å². The highest BCUT2D eigenvalue weighted by atomic mass is 16.3. The van der Waals surface area contributed by atoms with Gasteiger partial charge in [0.05, 0.1) is 6.10 Å². The average Bonchev–Trinajstić information content (AvgIpc) is 2.30. The third-order valence-corrected chi connectivity index (χ3v) is 2.18. The minimum atomic E-state index is -0.354. The van der Waals surface area contributed by atoms with Gasteiger partial charge in [0.15, 0.2) is 0 Å². The minimum Gasteiger partial charge on any atom is -0.388 e. The standard InChI is InChI=1S/C10H10O/c1-7-9-5-3-2-4-8(9)6-10(7)11/h2-5,10-11H,1,6H2/t10-/m1/s1. The summed E-state index contributed by atoms with van der Waals surface area (Å²) in [5.74, 6) is 0. The maximum atomic E-state index is 9.42. The van der Waals surface area contributed by atoms with Gasteiger partial charge in [-0.05, 0) is 16.7 Å². The van der Waals surface area contributed by atoms with Gasteiger partial charge in [0.25, 0.3) is 0 Å². The molecule has 0 saturated carbocycles. The Hall–Kier alpha value is -1.08. The van der Waals surface area contributed by atoms with Crippen LogP contribution in [0.5, 0.6) is 0 Å². The van der Waals surface area contributed by atoms with Gasteiger partial charge in [-0.25, -0.2) is 0 Å². The lowest BCUT2D eigenvalue weighted by Gasteiger charge is -1.99. The fourth-order valence-electron chi connectivity index (χ4n) is 1.52. The van der Waals surface area contributed by atoms with Crippen molar-refractivity contribution in [3.05, 3.63) is 42.0 Å². The monoisotopic (exact) mass is 146 g/mol. The van der Waals surface area contributed by atoms with Crippen molar-refractivity contribution in [2.45, 2.75) is 12.5 Å². The van der Waals surface area contributed by atoms with E-state index in [4.69, 9.17) is 0 Å². The summed E-state index contributed by atoms with van der Waals surface area (Å²) in [4.78, 5) is 0. The molecule has 2 rings (SSSR count). The van der Waals surface area contributed by atoms with E-state index in [0.29, 0.717) is 0 Å². The van der Waals surface area contributed by atoms with Crippen LogP contribution in [0.3, 0.4) is 0 Å². The SMILES string of the molecule is C=C1c2ccccc2C[C@H]1O. The summed E-state index contributed by atoms with van der Waals surface area (Å²) in [6.07, 6.45) is 0.377. The van der Waals surface area contributed by atoms with Gasteiger partial charge in [-0.15, -0.1) is 0 Å². The predicted octanol–water partition coefficient (Wildman–Crippen LogP) is 1.62. The molecule has 0 aliphatic heterocycles. The molecule has 0 radical (unpaired) electrons. The van der Waals surface area contributed by atoms with Gasteiger partial charge >= 0.3 is 0 Å². The molecule has 0 bridgehead atoms. The Labute approximate surface area is 66.0 Å². The first-order valence-corrected chi connectivity index (χ1v) is 3.74. The molecule has 56 valence electrons. The fourth-order valence-corrected chi connectivity index (χ4v) is 1.52. The molecule has 0 aromatic heterocycles. The van der Waals surface area contributed by atoms with Gasteiger partial charge in [-0.2, -0.15) is 0 Å². The Morgan fingerprint density at radius 1 is 1.36 bits per heavy atom. The summed E-state index contributed by atoms with van der Waals surface area (Å²) in [5, 5.41) is 9.42. The van der Waals surface area contributed by atoms with Crippen molar-refractivity contribution in [2.24, 2.45) is 0 Å². The van der Waals surface area contributed by atoms with Crippen molar-refractivity contribution < 1.29 is 5.11 Å². The van der Waals surface area contributed by atoms with Crippen molar-refractivity contribution in [3.8, 4) is 0 Å². The van der Waals surface area contributed by atoms with E-state index in [2.05, 4.69) is 6.58 Å². The third kappa shape index (κ3) is 0.889. The molecule has 1 heteroatoms. The maximum absolute atomic E-state index is 9.42. The van der Waals surface area contributed by atoms with Crippen molar-refractivity contribution in [3.63, 3.8) is 0 Å². The Morgan fingerprint density at radius 2 is 2.09 bits per heavy atom.